The molecule has 4 rings (SSSR count). The number of amides is 1. The monoisotopic (exact) mass is 354 g/mol. The number of carbonyl (C=O) groups excluding carboxylic acids is 1. The molecule has 0 fully saturated rings. The molecule has 4 heterocycles. The Morgan fingerprint density at radius 2 is 2.27 bits per heavy atom. The molecule has 1 aliphatic heterocycles. The molecule has 1 amide bonds. The van der Waals surface area contributed by atoms with E-state index in [1.54, 1.807) is 12.1 Å². The Labute approximate surface area is 151 Å². The van der Waals surface area contributed by atoms with Crippen molar-refractivity contribution in [2.75, 3.05) is 13.1 Å². The molecule has 0 radical (unpaired) electrons. The Morgan fingerprint density at radius 3 is 3.04 bits per heavy atom. The smallest absolute Gasteiger partial charge is 0.286 e. The highest BCUT2D eigenvalue weighted by molar-refractivity contribution is 5.91. The summed E-state index contributed by atoms with van der Waals surface area (Å²) in [6, 6.07) is 9.65. The van der Waals surface area contributed by atoms with E-state index in [-0.39, 0.29) is 11.9 Å². The first-order chi connectivity index (χ1) is 12.7. The minimum Gasteiger partial charge on any atom is -0.465 e. The summed E-state index contributed by atoms with van der Waals surface area (Å²) < 4.78 is 12.9. The number of rotatable bonds is 6. The molecular formula is C19H22N4O3. The van der Waals surface area contributed by atoms with Crippen molar-refractivity contribution in [2.24, 2.45) is 0 Å². The van der Waals surface area contributed by atoms with Crippen molar-refractivity contribution in [3.63, 3.8) is 0 Å². The molecule has 0 spiro atoms. The van der Waals surface area contributed by atoms with Crippen LogP contribution in [0.5, 0.6) is 0 Å². The van der Waals surface area contributed by atoms with E-state index in [1.807, 2.05) is 31.3 Å². The van der Waals surface area contributed by atoms with Crippen LogP contribution >= 0.6 is 0 Å². The molecule has 0 aliphatic carbocycles. The average Bonchev–Trinajstić information content (AvgIpc) is 3.36. The van der Waals surface area contributed by atoms with Crippen LogP contribution in [0.4, 0.5) is 0 Å². The van der Waals surface area contributed by atoms with Crippen LogP contribution < -0.4 is 5.32 Å². The van der Waals surface area contributed by atoms with Crippen LogP contribution in [0.25, 0.3) is 0 Å². The highest BCUT2D eigenvalue weighted by Gasteiger charge is 2.26. The molecule has 1 aliphatic rings. The number of nitrogens with zero attached hydrogens (tertiary/aromatic N) is 3. The molecule has 0 saturated heterocycles. The summed E-state index contributed by atoms with van der Waals surface area (Å²) in [4.78, 5) is 14.4. The van der Waals surface area contributed by atoms with Gasteiger partial charge in [-0.1, -0.05) is 0 Å². The molecule has 1 atom stereocenters. The summed E-state index contributed by atoms with van der Waals surface area (Å²) in [5, 5.41) is 7.38. The van der Waals surface area contributed by atoms with Gasteiger partial charge in [-0.15, -0.1) is 0 Å². The summed E-state index contributed by atoms with van der Waals surface area (Å²) in [6.07, 6.45) is 4.14. The first kappa shape index (κ1) is 16.7. The van der Waals surface area contributed by atoms with Crippen molar-refractivity contribution >= 4 is 5.91 Å². The maximum atomic E-state index is 12.0. The van der Waals surface area contributed by atoms with Gasteiger partial charge in [-0.25, -0.2) is 0 Å². The molecule has 7 heteroatoms. The highest BCUT2D eigenvalue weighted by Crippen LogP contribution is 2.24. The van der Waals surface area contributed by atoms with Crippen molar-refractivity contribution in [2.45, 2.75) is 32.5 Å². The summed E-state index contributed by atoms with van der Waals surface area (Å²) >= 11 is 0. The van der Waals surface area contributed by atoms with Gasteiger partial charge in [0.1, 0.15) is 11.5 Å². The van der Waals surface area contributed by atoms with Crippen LogP contribution in [-0.2, 0) is 13.1 Å². The van der Waals surface area contributed by atoms with E-state index in [0.29, 0.717) is 12.3 Å². The van der Waals surface area contributed by atoms with Crippen molar-refractivity contribution in [1.29, 1.82) is 0 Å². The third kappa shape index (κ3) is 3.57. The summed E-state index contributed by atoms with van der Waals surface area (Å²) in [5.74, 6) is 2.05. The predicted molar refractivity (Wildman–Crippen MR) is 94.5 cm³/mol. The van der Waals surface area contributed by atoms with Crippen LogP contribution in [0.3, 0.4) is 0 Å². The minimum atomic E-state index is -0.186. The Balaban J connectivity index is 1.37. The average molecular weight is 354 g/mol. The third-order valence-corrected chi connectivity index (χ3v) is 4.64. The molecule has 26 heavy (non-hydrogen) atoms. The van der Waals surface area contributed by atoms with Gasteiger partial charge >= 0.3 is 0 Å². The topological polar surface area (TPSA) is 76.4 Å². The Bertz CT molecular complexity index is 865. The number of furan rings is 2. The van der Waals surface area contributed by atoms with Crippen LogP contribution in [0.15, 0.2) is 51.6 Å². The van der Waals surface area contributed by atoms with Crippen molar-refractivity contribution < 1.29 is 13.6 Å². The zero-order chi connectivity index (χ0) is 17.9. The Morgan fingerprint density at radius 1 is 1.35 bits per heavy atom. The van der Waals surface area contributed by atoms with Gasteiger partial charge in [0.05, 0.1) is 24.5 Å². The lowest BCUT2D eigenvalue weighted by molar-refractivity contribution is 0.0919. The maximum absolute atomic E-state index is 12.0. The van der Waals surface area contributed by atoms with Gasteiger partial charge in [-0.2, -0.15) is 5.10 Å². The number of aryl methyl sites for hydroxylation is 1. The fourth-order valence-electron chi connectivity index (χ4n) is 3.44. The number of nitrogens with one attached hydrogen (secondary N) is 1. The third-order valence-electron chi connectivity index (χ3n) is 4.64. The quantitative estimate of drug-likeness (QED) is 0.737. The van der Waals surface area contributed by atoms with Crippen molar-refractivity contribution in [3.8, 4) is 0 Å². The van der Waals surface area contributed by atoms with Crippen LogP contribution in [0.2, 0.25) is 0 Å². The van der Waals surface area contributed by atoms with Gasteiger partial charge in [-0.05, 0) is 43.7 Å². The lowest BCUT2D eigenvalue weighted by Gasteiger charge is -2.33. The summed E-state index contributed by atoms with van der Waals surface area (Å²) in [5.41, 5.74) is 1.18. The fraction of sp³-hybridized carbons (Fsp3) is 0.368. The van der Waals surface area contributed by atoms with E-state index in [9.17, 15) is 4.79 Å². The van der Waals surface area contributed by atoms with Gasteiger partial charge in [0.15, 0.2) is 5.76 Å². The largest absolute Gasteiger partial charge is 0.465 e. The van der Waals surface area contributed by atoms with Crippen LogP contribution in [0, 0.1) is 6.92 Å². The molecule has 136 valence electrons. The number of hydrogen-bond donors (Lipinski definition) is 1. The predicted octanol–water partition coefficient (Wildman–Crippen LogP) is 2.75. The second-order valence-corrected chi connectivity index (χ2v) is 6.62. The molecule has 7 nitrogen and oxygen atoms in total. The molecule has 3 aromatic rings. The van der Waals surface area contributed by atoms with Gasteiger partial charge in [0.2, 0.25) is 0 Å². The highest BCUT2D eigenvalue weighted by atomic mass is 16.3. The fourth-order valence-corrected chi connectivity index (χ4v) is 3.44. The molecule has 1 N–H and O–H groups in total. The summed E-state index contributed by atoms with van der Waals surface area (Å²) in [6.45, 7) is 5.00. The van der Waals surface area contributed by atoms with Gasteiger partial charge in [0, 0.05) is 25.8 Å². The van der Waals surface area contributed by atoms with E-state index >= 15 is 0 Å². The number of aromatic nitrogens is 2. The van der Waals surface area contributed by atoms with E-state index in [0.717, 1.165) is 37.6 Å². The molecule has 0 aromatic carbocycles. The second-order valence-electron chi connectivity index (χ2n) is 6.62. The molecule has 3 aromatic heterocycles. The van der Waals surface area contributed by atoms with Gasteiger partial charge in [-0.3, -0.25) is 14.4 Å². The second kappa shape index (κ2) is 7.21. The number of fused-ring (bicyclic) bond motifs is 1. The minimum absolute atomic E-state index is 0.186. The number of carbonyl (C=O) groups is 1. The molecule has 0 unspecified atom stereocenters. The first-order valence-corrected chi connectivity index (χ1v) is 8.81. The van der Waals surface area contributed by atoms with Crippen LogP contribution in [0.1, 0.15) is 40.2 Å². The molecule has 0 bridgehead atoms. The Hall–Kier alpha value is -2.80. The lowest BCUT2D eigenvalue weighted by atomic mass is 10.1. The number of hydrogen-bond acceptors (Lipinski definition) is 5. The van der Waals surface area contributed by atoms with Gasteiger partial charge in [0.25, 0.3) is 5.91 Å². The van der Waals surface area contributed by atoms with E-state index in [1.165, 1.54) is 12.0 Å². The van der Waals surface area contributed by atoms with Gasteiger partial charge < -0.3 is 14.2 Å². The van der Waals surface area contributed by atoms with Crippen molar-refractivity contribution in [1.82, 2.24) is 20.0 Å². The summed E-state index contributed by atoms with van der Waals surface area (Å²) in [7, 11) is 0. The van der Waals surface area contributed by atoms with Crippen LogP contribution in [-0.4, -0.2) is 33.7 Å². The maximum Gasteiger partial charge on any atom is 0.286 e. The first-order valence-electron chi connectivity index (χ1n) is 8.81. The van der Waals surface area contributed by atoms with E-state index in [2.05, 4.69) is 20.0 Å². The van der Waals surface area contributed by atoms with E-state index in [4.69, 9.17) is 8.83 Å². The zero-order valence-corrected chi connectivity index (χ0v) is 14.7. The van der Waals surface area contributed by atoms with Crippen molar-refractivity contribution in [3.05, 3.63) is 65.8 Å². The standard InChI is InChI=1S/C19H22N4O3/c1-14-4-5-17(26-14)13-22-11-15(23-16(12-22)7-9-21-23)6-8-20-19(24)18-3-2-10-25-18/h2-5,7,9-10,15H,6,8,11-13H2,1H3,(H,20,24)/t15-/m0/s1. The molecular weight excluding hydrogens is 332 g/mol. The Kier molecular flexibility index (Phi) is 4.62. The lowest BCUT2D eigenvalue weighted by Crippen LogP contribution is -2.38. The normalized spacial score (nSPS) is 17.2. The zero-order valence-electron chi connectivity index (χ0n) is 14.7. The SMILES string of the molecule is Cc1ccc(CN2Cc3ccnn3[C@@H](CCNC(=O)c3ccco3)C2)o1. The molecule has 0 saturated carbocycles. The van der Waals surface area contributed by atoms with E-state index < -0.39 is 0 Å².